The Bertz CT molecular complexity index is 531. The van der Waals surface area contributed by atoms with Gasteiger partial charge >= 0.3 is 5.97 Å². The van der Waals surface area contributed by atoms with Gasteiger partial charge in [-0.1, -0.05) is 26.0 Å². The lowest BCUT2D eigenvalue weighted by Crippen LogP contribution is -2.21. The average molecular weight is 235 g/mol. The van der Waals surface area contributed by atoms with E-state index >= 15 is 0 Å². The molecule has 0 saturated carbocycles. The van der Waals surface area contributed by atoms with Crippen molar-refractivity contribution in [3.8, 4) is 0 Å². The van der Waals surface area contributed by atoms with Crippen LogP contribution >= 0.6 is 11.3 Å². The average Bonchev–Trinajstić information content (AvgIpc) is 2.62. The monoisotopic (exact) mass is 235 g/mol. The fourth-order valence-electron chi connectivity index (χ4n) is 1.89. The zero-order valence-electron chi connectivity index (χ0n) is 9.23. The second kappa shape index (κ2) is 3.87. The highest BCUT2D eigenvalue weighted by Gasteiger charge is 2.26. The standard InChI is InChI=1S/C12H13NO2S/c1-12(2,6-10(14)15)8-4-3-5-9-11(8)16-7-13-9/h3-5,7H,6H2,1-2H3,(H,14,15). The Morgan fingerprint density at radius 2 is 2.25 bits per heavy atom. The first-order valence-electron chi connectivity index (χ1n) is 5.05. The molecule has 2 rings (SSSR count). The molecule has 2 aromatic rings. The number of nitrogens with zero attached hydrogens (tertiary/aromatic N) is 1. The van der Waals surface area contributed by atoms with Gasteiger partial charge in [0.1, 0.15) is 0 Å². The van der Waals surface area contributed by atoms with Crippen LogP contribution in [0.1, 0.15) is 25.8 Å². The number of carbonyl (C=O) groups is 1. The number of benzene rings is 1. The Morgan fingerprint density at radius 1 is 1.50 bits per heavy atom. The quantitative estimate of drug-likeness (QED) is 0.889. The van der Waals surface area contributed by atoms with Gasteiger partial charge in [0.2, 0.25) is 0 Å². The number of carboxylic acids is 1. The summed E-state index contributed by atoms with van der Waals surface area (Å²) in [6.07, 6.45) is 0.129. The first-order chi connectivity index (χ1) is 7.50. The van der Waals surface area contributed by atoms with Crippen LogP contribution in [0.2, 0.25) is 0 Å². The van der Waals surface area contributed by atoms with E-state index in [1.165, 1.54) is 0 Å². The zero-order chi connectivity index (χ0) is 11.8. The molecule has 0 bridgehead atoms. The molecule has 0 aliphatic carbocycles. The first kappa shape index (κ1) is 11.1. The van der Waals surface area contributed by atoms with Crippen molar-refractivity contribution in [1.82, 2.24) is 4.98 Å². The van der Waals surface area contributed by atoms with Crippen LogP contribution in [-0.2, 0) is 10.2 Å². The lowest BCUT2D eigenvalue weighted by molar-refractivity contribution is -0.138. The number of thiazole rings is 1. The van der Waals surface area contributed by atoms with Crippen LogP contribution in [0, 0.1) is 0 Å². The molecule has 84 valence electrons. The van der Waals surface area contributed by atoms with E-state index in [-0.39, 0.29) is 11.8 Å². The molecule has 0 radical (unpaired) electrons. The minimum absolute atomic E-state index is 0.129. The molecule has 1 N–H and O–H groups in total. The molecule has 4 heteroatoms. The summed E-state index contributed by atoms with van der Waals surface area (Å²) in [5, 5.41) is 8.92. The van der Waals surface area contributed by atoms with E-state index in [0.29, 0.717) is 0 Å². The molecule has 0 atom stereocenters. The minimum Gasteiger partial charge on any atom is -0.481 e. The van der Waals surface area contributed by atoms with E-state index < -0.39 is 5.97 Å². The van der Waals surface area contributed by atoms with E-state index in [9.17, 15) is 4.79 Å². The molecule has 0 fully saturated rings. The molecular weight excluding hydrogens is 222 g/mol. The van der Waals surface area contributed by atoms with Crippen LogP contribution < -0.4 is 0 Å². The smallest absolute Gasteiger partial charge is 0.304 e. The molecule has 0 aliphatic rings. The number of fused-ring (bicyclic) bond motifs is 1. The van der Waals surface area contributed by atoms with Crippen LogP contribution in [0.15, 0.2) is 23.7 Å². The molecule has 0 unspecified atom stereocenters. The van der Waals surface area contributed by atoms with Crippen molar-refractivity contribution in [3.63, 3.8) is 0 Å². The third-order valence-corrected chi connectivity index (χ3v) is 3.55. The highest BCUT2D eigenvalue weighted by Crippen LogP contribution is 2.34. The third-order valence-electron chi connectivity index (χ3n) is 2.68. The van der Waals surface area contributed by atoms with Crippen LogP contribution in [0.3, 0.4) is 0 Å². The summed E-state index contributed by atoms with van der Waals surface area (Å²) in [4.78, 5) is 15.1. The van der Waals surface area contributed by atoms with Gasteiger partial charge in [0.15, 0.2) is 0 Å². The topological polar surface area (TPSA) is 50.2 Å². The summed E-state index contributed by atoms with van der Waals surface area (Å²) < 4.78 is 1.09. The van der Waals surface area contributed by atoms with Crippen LogP contribution in [0.4, 0.5) is 0 Å². The molecular formula is C12H13NO2S. The number of carboxylic acid groups (broad SMARTS) is 1. The van der Waals surface area contributed by atoms with E-state index in [2.05, 4.69) is 4.98 Å². The summed E-state index contributed by atoms with van der Waals surface area (Å²) >= 11 is 1.56. The van der Waals surface area contributed by atoms with Crippen molar-refractivity contribution in [2.24, 2.45) is 0 Å². The Morgan fingerprint density at radius 3 is 2.94 bits per heavy atom. The molecule has 1 aromatic heterocycles. The molecule has 0 saturated heterocycles. The molecule has 0 aliphatic heterocycles. The Kier molecular flexibility index (Phi) is 2.68. The van der Waals surface area contributed by atoms with E-state index in [4.69, 9.17) is 5.11 Å². The van der Waals surface area contributed by atoms with Crippen molar-refractivity contribution in [3.05, 3.63) is 29.3 Å². The summed E-state index contributed by atoms with van der Waals surface area (Å²) in [6, 6.07) is 5.87. The number of aliphatic carboxylic acids is 1. The minimum atomic E-state index is -0.772. The van der Waals surface area contributed by atoms with Gasteiger partial charge in [-0.25, -0.2) is 4.98 Å². The van der Waals surface area contributed by atoms with E-state index in [0.717, 1.165) is 15.8 Å². The highest BCUT2D eigenvalue weighted by molar-refractivity contribution is 7.17. The maximum absolute atomic E-state index is 10.9. The Balaban J connectivity index is 2.53. The van der Waals surface area contributed by atoms with Gasteiger partial charge in [-0.2, -0.15) is 0 Å². The fourth-order valence-corrected chi connectivity index (χ4v) is 2.88. The van der Waals surface area contributed by atoms with Gasteiger partial charge in [0.05, 0.1) is 22.1 Å². The third kappa shape index (κ3) is 1.93. The molecule has 16 heavy (non-hydrogen) atoms. The molecule has 0 spiro atoms. The van der Waals surface area contributed by atoms with Gasteiger partial charge in [0, 0.05) is 5.41 Å². The van der Waals surface area contributed by atoms with Gasteiger partial charge in [-0.3, -0.25) is 4.79 Å². The van der Waals surface area contributed by atoms with Gasteiger partial charge in [0.25, 0.3) is 0 Å². The number of hydrogen-bond donors (Lipinski definition) is 1. The fraction of sp³-hybridized carbons (Fsp3) is 0.333. The normalized spacial score (nSPS) is 11.9. The highest BCUT2D eigenvalue weighted by atomic mass is 32.1. The summed E-state index contributed by atoms with van der Waals surface area (Å²) in [6.45, 7) is 3.91. The van der Waals surface area contributed by atoms with Crippen molar-refractivity contribution in [2.75, 3.05) is 0 Å². The maximum Gasteiger partial charge on any atom is 0.304 e. The predicted molar refractivity (Wildman–Crippen MR) is 64.9 cm³/mol. The summed E-state index contributed by atoms with van der Waals surface area (Å²) in [5.74, 6) is -0.772. The molecule has 1 heterocycles. The predicted octanol–water partition coefficient (Wildman–Crippen LogP) is 3.05. The molecule has 0 amide bonds. The lowest BCUT2D eigenvalue weighted by atomic mass is 9.81. The second-order valence-corrected chi connectivity index (χ2v) is 5.32. The van der Waals surface area contributed by atoms with Gasteiger partial charge < -0.3 is 5.11 Å². The Hall–Kier alpha value is -1.42. The van der Waals surface area contributed by atoms with Crippen molar-refractivity contribution >= 4 is 27.5 Å². The largest absolute Gasteiger partial charge is 0.481 e. The molecule has 3 nitrogen and oxygen atoms in total. The molecule has 1 aromatic carbocycles. The van der Waals surface area contributed by atoms with Gasteiger partial charge in [-0.05, 0) is 11.6 Å². The van der Waals surface area contributed by atoms with Crippen molar-refractivity contribution in [2.45, 2.75) is 25.7 Å². The van der Waals surface area contributed by atoms with Gasteiger partial charge in [-0.15, -0.1) is 11.3 Å². The second-order valence-electron chi connectivity index (χ2n) is 4.46. The van der Waals surface area contributed by atoms with E-state index in [1.807, 2.05) is 32.0 Å². The SMILES string of the molecule is CC(C)(CC(=O)O)c1cccc2ncsc12. The number of hydrogen-bond acceptors (Lipinski definition) is 3. The summed E-state index contributed by atoms with van der Waals surface area (Å²) in [7, 11) is 0. The van der Waals surface area contributed by atoms with Crippen molar-refractivity contribution in [1.29, 1.82) is 0 Å². The van der Waals surface area contributed by atoms with Crippen LogP contribution in [0.25, 0.3) is 10.2 Å². The maximum atomic E-state index is 10.9. The number of aromatic nitrogens is 1. The van der Waals surface area contributed by atoms with Crippen LogP contribution in [0.5, 0.6) is 0 Å². The van der Waals surface area contributed by atoms with E-state index in [1.54, 1.807) is 16.8 Å². The first-order valence-corrected chi connectivity index (χ1v) is 5.93. The Labute approximate surface area is 97.8 Å². The van der Waals surface area contributed by atoms with Crippen LogP contribution in [-0.4, -0.2) is 16.1 Å². The lowest BCUT2D eigenvalue weighted by Gasteiger charge is -2.23. The summed E-state index contributed by atoms with van der Waals surface area (Å²) in [5.41, 5.74) is 3.44. The van der Waals surface area contributed by atoms with Crippen molar-refractivity contribution < 1.29 is 9.90 Å². The zero-order valence-corrected chi connectivity index (χ0v) is 10.0. The number of rotatable bonds is 3.